The number of carbonyl (C=O) groups excluding carboxylic acids is 1. The molecule has 2 aromatic rings. The molecule has 1 aromatic heterocycles. The third-order valence-corrected chi connectivity index (χ3v) is 4.80. The molecule has 1 fully saturated rings. The second-order valence-electron chi connectivity index (χ2n) is 6.69. The molecule has 1 aliphatic rings. The minimum atomic E-state index is -0.147. The van der Waals surface area contributed by atoms with Gasteiger partial charge in [0.05, 0.1) is 13.2 Å². The van der Waals surface area contributed by atoms with Crippen LogP contribution >= 0.6 is 0 Å². The van der Waals surface area contributed by atoms with Gasteiger partial charge in [0.2, 0.25) is 0 Å². The molecule has 0 radical (unpaired) electrons. The summed E-state index contributed by atoms with van der Waals surface area (Å²) in [6.07, 6.45) is 8.22. The lowest BCUT2D eigenvalue weighted by atomic mass is 10.2. The van der Waals surface area contributed by atoms with Gasteiger partial charge in [-0.3, -0.25) is 4.98 Å². The number of urea groups is 1. The molecule has 1 saturated carbocycles. The Labute approximate surface area is 160 Å². The van der Waals surface area contributed by atoms with Crippen LogP contribution in [-0.2, 0) is 6.54 Å². The number of pyridine rings is 1. The summed E-state index contributed by atoms with van der Waals surface area (Å²) < 4.78 is 11.5. The number of methoxy groups -OCH3 is 1. The van der Waals surface area contributed by atoms with Crippen molar-refractivity contribution in [3.05, 3.63) is 48.3 Å². The van der Waals surface area contributed by atoms with Crippen LogP contribution in [0.2, 0.25) is 0 Å². The van der Waals surface area contributed by atoms with Crippen LogP contribution < -0.4 is 14.8 Å². The van der Waals surface area contributed by atoms with E-state index in [1.54, 1.807) is 24.4 Å². The van der Waals surface area contributed by atoms with Crippen LogP contribution in [-0.4, -0.2) is 35.7 Å². The SMILES string of the molecule is CCN(Cc1ccncc1)C(=O)Nc1ccc(OC)c(OC2CCCC2)c1. The van der Waals surface area contributed by atoms with E-state index >= 15 is 0 Å². The lowest BCUT2D eigenvalue weighted by Crippen LogP contribution is -2.34. The third-order valence-electron chi connectivity index (χ3n) is 4.80. The van der Waals surface area contributed by atoms with Gasteiger partial charge in [0.15, 0.2) is 11.5 Å². The van der Waals surface area contributed by atoms with Gasteiger partial charge >= 0.3 is 6.03 Å². The highest BCUT2D eigenvalue weighted by Crippen LogP contribution is 2.34. The summed E-state index contributed by atoms with van der Waals surface area (Å²) in [6, 6.07) is 9.19. The van der Waals surface area contributed by atoms with Crippen LogP contribution in [0.25, 0.3) is 0 Å². The predicted molar refractivity (Wildman–Crippen MR) is 105 cm³/mol. The lowest BCUT2D eigenvalue weighted by Gasteiger charge is -2.22. The number of benzene rings is 1. The van der Waals surface area contributed by atoms with Crippen molar-refractivity contribution in [3.63, 3.8) is 0 Å². The minimum absolute atomic E-state index is 0.147. The van der Waals surface area contributed by atoms with E-state index in [9.17, 15) is 4.79 Å². The van der Waals surface area contributed by atoms with E-state index in [4.69, 9.17) is 9.47 Å². The number of carbonyl (C=O) groups is 1. The molecule has 3 rings (SSSR count). The molecule has 27 heavy (non-hydrogen) atoms. The van der Waals surface area contributed by atoms with E-state index in [0.29, 0.717) is 30.3 Å². The first-order valence-corrected chi connectivity index (χ1v) is 9.49. The number of ether oxygens (including phenoxy) is 2. The van der Waals surface area contributed by atoms with Gasteiger partial charge in [-0.05, 0) is 62.4 Å². The number of hydrogen-bond donors (Lipinski definition) is 1. The summed E-state index contributed by atoms with van der Waals surface area (Å²) >= 11 is 0. The van der Waals surface area contributed by atoms with Gasteiger partial charge in [0.1, 0.15) is 0 Å². The largest absolute Gasteiger partial charge is 0.493 e. The number of aromatic nitrogens is 1. The zero-order chi connectivity index (χ0) is 19.1. The Morgan fingerprint density at radius 2 is 1.93 bits per heavy atom. The van der Waals surface area contributed by atoms with Gasteiger partial charge in [-0.15, -0.1) is 0 Å². The van der Waals surface area contributed by atoms with Crippen LogP contribution in [0.4, 0.5) is 10.5 Å². The number of rotatable bonds is 7. The molecule has 6 heteroatoms. The molecule has 144 valence electrons. The molecule has 1 heterocycles. The zero-order valence-corrected chi connectivity index (χ0v) is 16.0. The second kappa shape index (κ2) is 9.26. The summed E-state index contributed by atoms with van der Waals surface area (Å²) in [7, 11) is 1.63. The van der Waals surface area contributed by atoms with Gasteiger partial charge in [-0.25, -0.2) is 4.79 Å². The number of nitrogens with zero attached hydrogens (tertiary/aromatic N) is 2. The van der Waals surface area contributed by atoms with Gasteiger partial charge in [-0.1, -0.05) is 0 Å². The summed E-state index contributed by atoms with van der Waals surface area (Å²) in [4.78, 5) is 18.4. The van der Waals surface area contributed by atoms with Crippen molar-refractivity contribution in [2.45, 2.75) is 45.3 Å². The second-order valence-corrected chi connectivity index (χ2v) is 6.69. The van der Waals surface area contributed by atoms with Gasteiger partial charge in [0, 0.05) is 37.2 Å². The average molecular weight is 369 g/mol. The summed E-state index contributed by atoms with van der Waals surface area (Å²) in [5, 5.41) is 2.97. The van der Waals surface area contributed by atoms with E-state index in [1.807, 2.05) is 37.3 Å². The third kappa shape index (κ3) is 5.12. The molecule has 0 saturated heterocycles. The van der Waals surface area contributed by atoms with E-state index in [1.165, 1.54) is 12.8 Å². The molecule has 0 unspecified atom stereocenters. The molecular weight excluding hydrogens is 342 g/mol. The molecule has 0 spiro atoms. The Balaban J connectivity index is 1.68. The Morgan fingerprint density at radius 1 is 1.19 bits per heavy atom. The van der Waals surface area contributed by atoms with E-state index in [0.717, 1.165) is 18.4 Å². The predicted octanol–water partition coefficient (Wildman–Crippen LogP) is 4.47. The molecule has 2 amide bonds. The lowest BCUT2D eigenvalue weighted by molar-refractivity contribution is 0.201. The highest BCUT2D eigenvalue weighted by molar-refractivity contribution is 5.89. The highest BCUT2D eigenvalue weighted by atomic mass is 16.5. The van der Waals surface area contributed by atoms with E-state index in [2.05, 4.69) is 10.3 Å². The summed E-state index contributed by atoms with van der Waals surface area (Å²) in [5.74, 6) is 1.36. The summed E-state index contributed by atoms with van der Waals surface area (Å²) in [6.45, 7) is 3.10. The van der Waals surface area contributed by atoms with Crippen molar-refractivity contribution in [2.75, 3.05) is 19.0 Å². The van der Waals surface area contributed by atoms with Gasteiger partial charge in [0.25, 0.3) is 0 Å². The first kappa shape index (κ1) is 19.0. The molecule has 0 atom stereocenters. The van der Waals surface area contributed by atoms with Crippen molar-refractivity contribution < 1.29 is 14.3 Å². The fourth-order valence-electron chi connectivity index (χ4n) is 3.27. The van der Waals surface area contributed by atoms with E-state index in [-0.39, 0.29) is 12.1 Å². The Kier molecular flexibility index (Phi) is 6.52. The van der Waals surface area contributed by atoms with Crippen molar-refractivity contribution in [3.8, 4) is 11.5 Å². The van der Waals surface area contributed by atoms with Crippen LogP contribution in [0, 0.1) is 0 Å². The van der Waals surface area contributed by atoms with Crippen molar-refractivity contribution in [2.24, 2.45) is 0 Å². The monoisotopic (exact) mass is 369 g/mol. The maximum Gasteiger partial charge on any atom is 0.322 e. The first-order chi connectivity index (χ1) is 13.2. The normalized spacial score (nSPS) is 14.0. The molecule has 0 aliphatic heterocycles. The van der Waals surface area contributed by atoms with Crippen molar-refractivity contribution >= 4 is 11.7 Å². The molecule has 1 aliphatic carbocycles. The van der Waals surface area contributed by atoms with E-state index < -0.39 is 0 Å². The van der Waals surface area contributed by atoms with Crippen molar-refractivity contribution in [1.82, 2.24) is 9.88 Å². The average Bonchev–Trinajstić information content (AvgIpc) is 3.20. The highest BCUT2D eigenvalue weighted by Gasteiger charge is 2.19. The fourth-order valence-corrected chi connectivity index (χ4v) is 3.27. The number of hydrogen-bond acceptors (Lipinski definition) is 4. The van der Waals surface area contributed by atoms with Gasteiger partial charge in [-0.2, -0.15) is 0 Å². The number of amides is 2. The maximum absolute atomic E-state index is 12.7. The minimum Gasteiger partial charge on any atom is -0.493 e. The smallest absolute Gasteiger partial charge is 0.322 e. The molecule has 1 N–H and O–H groups in total. The van der Waals surface area contributed by atoms with Crippen LogP contribution in [0.1, 0.15) is 38.2 Å². The maximum atomic E-state index is 12.7. The molecular formula is C21H27N3O3. The number of nitrogens with one attached hydrogen (secondary N) is 1. The van der Waals surface area contributed by atoms with Crippen LogP contribution in [0.15, 0.2) is 42.7 Å². The Bertz CT molecular complexity index is 746. The number of anilines is 1. The summed E-state index contributed by atoms with van der Waals surface area (Å²) in [5.41, 5.74) is 1.74. The van der Waals surface area contributed by atoms with Gasteiger partial charge < -0.3 is 19.7 Å². The standard InChI is InChI=1S/C21H27N3O3/c1-3-24(15-16-10-12-22-13-11-16)21(25)23-17-8-9-19(26-2)20(14-17)27-18-6-4-5-7-18/h8-14,18H,3-7,15H2,1-2H3,(H,23,25). The molecule has 6 nitrogen and oxygen atoms in total. The molecule has 0 bridgehead atoms. The quantitative estimate of drug-likeness (QED) is 0.782. The Hall–Kier alpha value is -2.76. The first-order valence-electron chi connectivity index (χ1n) is 9.49. The Morgan fingerprint density at radius 3 is 2.59 bits per heavy atom. The topological polar surface area (TPSA) is 63.7 Å². The van der Waals surface area contributed by atoms with Crippen molar-refractivity contribution in [1.29, 1.82) is 0 Å². The zero-order valence-electron chi connectivity index (χ0n) is 16.0. The fraction of sp³-hybridized carbons (Fsp3) is 0.429. The van der Waals surface area contributed by atoms with Crippen LogP contribution in [0.5, 0.6) is 11.5 Å². The molecule has 1 aromatic carbocycles. The van der Waals surface area contributed by atoms with Crippen LogP contribution in [0.3, 0.4) is 0 Å².